The first-order chi connectivity index (χ1) is 15.9. The molecule has 1 aromatic carbocycles. The van der Waals surface area contributed by atoms with Gasteiger partial charge in [0.25, 0.3) is 0 Å². The number of aromatic nitrogens is 3. The number of nitrogens with one attached hydrogen (secondary N) is 1. The van der Waals surface area contributed by atoms with Crippen molar-refractivity contribution in [2.75, 3.05) is 36.4 Å². The average molecular weight is 454 g/mol. The van der Waals surface area contributed by atoms with Crippen LogP contribution in [-0.4, -0.2) is 51.9 Å². The molecular weight excluding hydrogens is 433 g/mol. The van der Waals surface area contributed by atoms with Crippen LogP contribution in [0, 0.1) is 0 Å². The Labute approximate surface area is 188 Å². The van der Waals surface area contributed by atoms with Crippen molar-refractivity contribution in [2.45, 2.75) is 6.18 Å². The summed E-state index contributed by atoms with van der Waals surface area (Å²) in [5.41, 5.74) is 0.770. The van der Waals surface area contributed by atoms with Gasteiger partial charge in [0.15, 0.2) is 0 Å². The normalized spacial score (nSPS) is 14.5. The topological polar surface area (TPSA) is 74.2 Å². The van der Waals surface area contributed by atoms with Crippen LogP contribution < -0.4 is 10.2 Å². The van der Waals surface area contributed by atoms with Crippen LogP contribution in [0.5, 0.6) is 0 Å². The van der Waals surface area contributed by atoms with Gasteiger partial charge in [-0.1, -0.05) is 12.1 Å². The lowest BCUT2D eigenvalue weighted by atomic mass is 10.1. The van der Waals surface area contributed by atoms with E-state index in [0.717, 1.165) is 17.8 Å². The third kappa shape index (κ3) is 5.85. The monoisotopic (exact) mass is 454 g/mol. The van der Waals surface area contributed by atoms with E-state index < -0.39 is 11.7 Å². The van der Waals surface area contributed by atoms with E-state index in [1.165, 1.54) is 24.3 Å². The number of carbonyl (C=O) groups excluding carboxylic acids is 1. The highest BCUT2D eigenvalue weighted by atomic mass is 19.4. The smallest absolute Gasteiger partial charge is 0.367 e. The van der Waals surface area contributed by atoms with E-state index in [2.05, 4.69) is 25.2 Å². The van der Waals surface area contributed by atoms with Crippen LogP contribution in [0.1, 0.15) is 11.1 Å². The van der Waals surface area contributed by atoms with E-state index in [1.54, 1.807) is 29.6 Å². The molecule has 1 saturated heterocycles. The fourth-order valence-electron chi connectivity index (χ4n) is 3.37. The molecule has 3 heterocycles. The molecule has 170 valence electrons. The molecule has 0 atom stereocenters. The lowest BCUT2D eigenvalue weighted by molar-refractivity contribution is -0.137. The van der Waals surface area contributed by atoms with Gasteiger partial charge in [-0.2, -0.15) is 13.2 Å². The van der Waals surface area contributed by atoms with Crippen molar-refractivity contribution in [3.63, 3.8) is 0 Å². The highest BCUT2D eigenvalue weighted by Gasteiger charge is 2.29. The van der Waals surface area contributed by atoms with E-state index in [-0.39, 0.29) is 5.91 Å². The molecule has 0 aliphatic carbocycles. The molecule has 7 nitrogen and oxygen atoms in total. The lowest BCUT2D eigenvalue weighted by Gasteiger charge is -2.35. The minimum Gasteiger partial charge on any atom is -0.367 e. The average Bonchev–Trinajstić information content (AvgIpc) is 2.83. The molecule has 0 spiro atoms. The molecule has 10 heteroatoms. The minimum absolute atomic E-state index is 0.171. The SMILES string of the molecule is O=C(/C=C/c1ccc(C(F)(F)F)cc1)N1CCN(c2ccc(Nc3ncccn3)nc2)CC1. The molecule has 0 unspecified atom stereocenters. The van der Waals surface area contributed by atoms with Gasteiger partial charge in [0, 0.05) is 44.6 Å². The van der Waals surface area contributed by atoms with Crippen molar-refractivity contribution in [1.82, 2.24) is 19.9 Å². The number of rotatable bonds is 5. The number of carbonyl (C=O) groups is 1. The maximum Gasteiger partial charge on any atom is 0.416 e. The molecule has 1 aliphatic rings. The van der Waals surface area contributed by atoms with Gasteiger partial charge < -0.3 is 15.1 Å². The molecule has 1 fully saturated rings. The first-order valence-corrected chi connectivity index (χ1v) is 10.3. The summed E-state index contributed by atoms with van der Waals surface area (Å²) in [7, 11) is 0. The molecule has 1 amide bonds. The Balaban J connectivity index is 1.28. The molecular formula is C23H21F3N6O. The number of amides is 1. The second kappa shape index (κ2) is 9.68. The van der Waals surface area contributed by atoms with Crippen molar-refractivity contribution < 1.29 is 18.0 Å². The molecule has 0 radical (unpaired) electrons. The predicted molar refractivity (Wildman–Crippen MR) is 119 cm³/mol. The summed E-state index contributed by atoms with van der Waals surface area (Å²) in [6.45, 7) is 2.37. The van der Waals surface area contributed by atoms with Crippen LogP contribution in [0.3, 0.4) is 0 Å². The highest BCUT2D eigenvalue weighted by molar-refractivity contribution is 5.92. The van der Waals surface area contributed by atoms with Crippen molar-refractivity contribution in [3.8, 4) is 0 Å². The number of hydrogen-bond donors (Lipinski definition) is 1. The second-order valence-corrected chi connectivity index (χ2v) is 7.36. The number of anilines is 3. The Morgan fingerprint density at radius 1 is 0.939 bits per heavy atom. The zero-order chi connectivity index (χ0) is 23.3. The Morgan fingerprint density at radius 3 is 2.24 bits per heavy atom. The van der Waals surface area contributed by atoms with Crippen molar-refractivity contribution in [2.24, 2.45) is 0 Å². The summed E-state index contributed by atoms with van der Waals surface area (Å²) in [5, 5.41) is 3.03. The standard InChI is InChI=1S/C23H21F3N6O/c24-23(25,26)18-5-2-17(3-6-18)4-9-21(33)32-14-12-31(13-15-32)19-7-8-20(29-16-19)30-22-27-10-1-11-28-22/h1-11,16H,12-15H2,(H,27,28,29,30)/b9-4+. The molecule has 2 aromatic heterocycles. The zero-order valence-corrected chi connectivity index (χ0v) is 17.5. The number of pyridine rings is 1. The quantitative estimate of drug-likeness (QED) is 0.588. The van der Waals surface area contributed by atoms with Gasteiger partial charge in [-0.05, 0) is 42.0 Å². The van der Waals surface area contributed by atoms with Crippen LogP contribution in [0.2, 0.25) is 0 Å². The summed E-state index contributed by atoms with van der Waals surface area (Å²) in [6.07, 6.45) is 3.59. The predicted octanol–water partition coefficient (Wildman–Crippen LogP) is 4.00. The van der Waals surface area contributed by atoms with Gasteiger partial charge >= 0.3 is 6.18 Å². The first kappa shape index (κ1) is 22.3. The first-order valence-electron chi connectivity index (χ1n) is 10.3. The molecule has 3 aromatic rings. The number of halogens is 3. The fraction of sp³-hybridized carbons (Fsp3) is 0.217. The summed E-state index contributed by atoms with van der Waals surface area (Å²) in [4.78, 5) is 28.9. The van der Waals surface area contributed by atoms with E-state index >= 15 is 0 Å². The van der Waals surface area contributed by atoms with E-state index in [9.17, 15) is 18.0 Å². The van der Waals surface area contributed by atoms with Crippen LogP contribution in [-0.2, 0) is 11.0 Å². The molecule has 0 bridgehead atoms. The number of piperazine rings is 1. The maximum absolute atomic E-state index is 12.6. The van der Waals surface area contributed by atoms with Crippen LogP contribution in [0.15, 0.2) is 67.1 Å². The van der Waals surface area contributed by atoms with Gasteiger partial charge in [-0.15, -0.1) is 0 Å². The van der Waals surface area contributed by atoms with E-state index in [4.69, 9.17) is 0 Å². The van der Waals surface area contributed by atoms with Gasteiger partial charge in [0.2, 0.25) is 11.9 Å². The Kier molecular flexibility index (Phi) is 6.53. The summed E-state index contributed by atoms with van der Waals surface area (Å²) >= 11 is 0. The number of nitrogens with zero attached hydrogens (tertiary/aromatic N) is 5. The maximum atomic E-state index is 12.6. The Morgan fingerprint density at radius 2 is 1.64 bits per heavy atom. The molecule has 4 rings (SSSR count). The van der Waals surface area contributed by atoms with Crippen molar-refractivity contribution >= 4 is 29.4 Å². The fourth-order valence-corrected chi connectivity index (χ4v) is 3.37. The van der Waals surface area contributed by atoms with E-state index in [1.807, 2.05) is 12.1 Å². The Bertz CT molecular complexity index is 1090. The van der Waals surface area contributed by atoms with Crippen LogP contribution in [0.4, 0.5) is 30.6 Å². The van der Waals surface area contributed by atoms with E-state index in [0.29, 0.717) is 43.5 Å². The number of benzene rings is 1. The largest absolute Gasteiger partial charge is 0.416 e. The summed E-state index contributed by atoms with van der Waals surface area (Å²) < 4.78 is 37.9. The summed E-state index contributed by atoms with van der Waals surface area (Å²) in [5.74, 6) is 0.927. The zero-order valence-electron chi connectivity index (χ0n) is 17.5. The third-order valence-corrected chi connectivity index (χ3v) is 5.17. The minimum atomic E-state index is -4.37. The third-order valence-electron chi connectivity index (χ3n) is 5.17. The van der Waals surface area contributed by atoms with Crippen LogP contribution in [0.25, 0.3) is 6.08 Å². The van der Waals surface area contributed by atoms with Gasteiger partial charge in [0.1, 0.15) is 5.82 Å². The van der Waals surface area contributed by atoms with Gasteiger partial charge in [-0.3, -0.25) is 4.79 Å². The highest BCUT2D eigenvalue weighted by Crippen LogP contribution is 2.29. The van der Waals surface area contributed by atoms with Crippen molar-refractivity contribution in [3.05, 3.63) is 78.3 Å². The lowest BCUT2D eigenvalue weighted by Crippen LogP contribution is -2.48. The van der Waals surface area contributed by atoms with Crippen molar-refractivity contribution in [1.29, 1.82) is 0 Å². The molecule has 33 heavy (non-hydrogen) atoms. The summed E-state index contributed by atoms with van der Waals surface area (Å²) in [6, 6.07) is 10.2. The molecule has 1 aliphatic heterocycles. The van der Waals surface area contributed by atoms with Crippen LogP contribution >= 0.6 is 0 Å². The molecule has 1 N–H and O–H groups in total. The van der Waals surface area contributed by atoms with Gasteiger partial charge in [-0.25, -0.2) is 15.0 Å². The Hall–Kier alpha value is -3.95. The second-order valence-electron chi connectivity index (χ2n) is 7.36. The molecule has 0 saturated carbocycles. The number of alkyl halides is 3. The number of hydrogen-bond acceptors (Lipinski definition) is 6. The van der Waals surface area contributed by atoms with Gasteiger partial charge in [0.05, 0.1) is 17.4 Å².